The second-order valence-corrected chi connectivity index (χ2v) is 3.02. The molecule has 0 spiro atoms. The molecule has 1 aliphatic heterocycles. The predicted octanol–water partition coefficient (Wildman–Crippen LogP) is -0.0917. The van der Waals surface area contributed by atoms with Crippen LogP contribution in [0.2, 0.25) is 0 Å². The fourth-order valence-electron chi connectivity index (χ4n) is 1.38. The second kappa shape index (κ2) is 3.47. The quantitative estimate of drug-likeness (QED) is 0.706. The molecule has 5 heteroatoms. The van der Waals surface area contributed by atoms with Gasteiger partial charge in [0.15, 0.2) is 0 Å². The first-order valence-electron chi connectivity index (χ1n) is 4.35. The van der Waals surface area contributed by atoms with Crippen LogP contribution in [0.4, 0.5) is 4.79 Å². The highest BCUT2D eigenvalue weighted by Crippen LogP contribution is 1.97. The van der Waals surface area contributed by atoms with Crippen molar-refractivity contribution in [3.05, 3.63) is 18.7 Å². The average molecular weight is 180 g/mol. The molecule has 2 rings (SSSR count). The maximum Gasteiger partial charge on any atom is 0.317 e. The van der Waals surface area contributed by atoms with E-state index in [9.17, 15) is 4.79 Å². The van der Waals surface area contributed by atoms with Crippen LogP contribution in [-0.2, 0) is 6.54 Å². The van der Waals surface area contributed by atoms with Crippen LogP contribution in [0.3, 0.4) is 0 Å². The summed E-state index contributed by atoms with van der Waals surface area (Å²) in [7, 11) is 0. The number of rotatable bonds is 3. The second-order valence-electron chi connectivity index (χ2n) is 3.02. The lowest BCUT2D eigenvalue weighted by Crippen LogP contribution is -2.30. The smallest absolute Gasteiger partial charge is 0.317 e. The number of carbonyl (C=O) groups is 1. The lowest BCUT2D eigenvalue weighted by molar-refractivity contribution is 0.215. The van der Waals surface area contributed by atoms with Gasteiger partial charge in [0.05, 0.1) is 6.33 Å². The Bertz CT molecular complexity index is 282. The molecule has 1 aromatic heterocycles. The number of aromatic nitrogens is 2. The molecule has 0 saturated carbocycles. The summed E-state index contributed by atoms with van der Waals surface area (Å²) in [6.45, 7) is 3.14. The van der Waals surface area contributed by atoms with Gasteiger partial charge in [0, 0.05) is 38.6 Å². The Morgan fingerprint density at radius 3 is 3.08 bits per heavy atom. The van der Waals surface area contributed by atoms with Crippen LogP contribution < -0.4 is 5.32 Å². The van der Waals surface area contributed by atoms with Crippen molar-refractivity contribution in [1.29, 1.82) is 0 Å². The van der Waals surface area contributed by atoms with Crippen LogP contribution in [0.25, 0.3) is 0 Å². The first-order valence-corrected chi connectivity index (χ1v) is 4.35. The number of imidazole rings is 1. The Balaban J connectivity index is 1.82. The highest BCUT2D eigenvalue weighted by molar-refractivity contribution is 5.76. The summed E-state index contributed by atoms with van der Waals surface area (Å²) < 4.78 is 1.96. The highest BCUT2D eigenvalue weighted by Gasteiger charge is 2.18. The summed E-state index contributed by atoms with van der Waals surface area (Å²) in [5, 5.41) is 2.76. The van der Waals surface area contributed by atoms with E-state index in [1.807, 2.05) is 10.8 Å². The molecule has 1 N–H and O–H groups in total. The van der Waals surface area contributed by atoms with E-state index >= 15 is 0 Å². The third-order valence-corrected chi connectivity index (χ3v) is 2.13. The van der Waals surface area contributed by atoms with Crippen LogP contribution in [0, 0.1) is 0 Å². The summed E-state index contributed by atoms with van der Waals surface area (Å²) in [6.07, 6.45) is 5.39. The van der Waals surface area contributed by atoms with Crippen molar-refractivity contribution in [1.82, 2.24) is 19.8 Å². The van der Waals surface area contributed by atoms with Crippen molar-refractivity contribution in [2.75, 3.05) is 19.6 Å². The maximum atomic E-state index is 11.1. The molecule has 2 amide bonds. The lowest BCUT2D eigenvalue weighted by atomic mass is 10.5. The van der Waals surface area contributed by atoms with Gasteiger partial charge in [-0.1, -0.05) is 0 Å². The summed E-state index contributed by atoms with van der Waals surface area (Å²) in [5.74, 6) is 0. The number of amides is 2. The van der Waals surface area contributed by atoms with E-state index in [2.05, 4.69) is 10.3 Å². The number of carbonyl (C=O) groups excluding carboxylic acids is 1. The molecular weight excluding hydrogens is 168 g/mol. The Morgan fingerprint density at radius 1 is 1.54 bits per heavy atom. The normalized spacial score (nSPS) is 16.3. The molecule has 0 radical (unpaired) electrons. The van der Waals surface area contributed by atoms with Crippen LogP contribution in [0.5, 0.6) is 0 Å². The summed E-state index contributed by atoms with van der Waals surface area (Å²) >= 11 is 0. The summed E-state index contributed by atoms with van der Waals surface area (Å²) in [5.41, 5.74) is 0. The molecule has 13 heavy (non-hydrogen) atoms. The van der Waals surface area contributed by atoms with Crippen molar-refractivity contribution >= 4 is 6.03 Å². The van der Waals surface area contributed by atoms with Crippen molar-refractivity contribution in [3.8, 4) is 0 Å². The molecule has 1 aromatic rings. The predicted molar refractivity (Wildman–Crippen MR) is 47.2 cm³/mol. The number of nitrogens with zero attached hydrogens (tertiary/aromatic N) is 3. The van der Waals surface area contributed by atoms with Crippen molar-refractivity contribution in [2.24, 2.45) is 0 Å². The van der Waals surface area contributed by atoms with Crippen LogP contribution >= 0.6 is 0 Å². The fourth-order valence-corrected chi connectivity index (χ4v) is 1.38. The minimum absolute atomic E-state index is 0.0418. The van der Waals surface area contributed by atoms with Gasteiger partial charge in [-0.25, -0.2) is 9.78 Å². The van der Waals surface area contributed by atoms with E-state index in [4.69, 9.17) is 0 Å². The van der Waals surface area contributed by atoms with Crippen LogP contribution in [0.1, 0.15) is 0 Å². The van der Waals surface area contributed by atoms with E-state index in [-0.39, 0.29) is 6.03 Å². The van der Waals surface area contributed by atoms with Gasteiger partial charge in [-0.15, -0.1) is 0 Å². The maximum absolute atomic E-state index is 11.1. The lowest BCUT2D eigenvalue weighted by Gasteiger charge is -2.13. The molecule has 0 aromatic carbocycles. The van der Waals surface area contributed by atoms with Gasteiger partial charge in [-0.05, 0) is 0 Å². The van der Waals surface area contributed by atoms with Crippen molar-refractivity contribution in [3.63, 3.8) is 0 Å². The molecule has 2 heterocycles. The monoisotopic (exact) mass is 180 g/mol. The largest absolute Gasteiger partial charge is 0.336 e. The molecule has 0 aliphatic carbocycles. The van der Waals surface area contributed by atoms with Gasteiger partial charge < -0.3 is 14.8 Å². The molecule has 1 saturated heterocycles. The molecule has 5 nitrogen and oxygen atoms in total. The zero-order valence-corrected chi connectivity index (χ0v) is 7.31. The number of hydrogen-bond acceptors (Lipinski definition) is 2. The Morgan fingerprint density at radius 2 is 2.46 bits per heavy atom. The van der Waals surface area contributed by atoms with Gasteiger partial charge in [0.25, 0.3) is 0 Å². The summed E-state index contributed by atoms with van der Waals surface area (Å²) in [6, 6.07) is 0.0418. The molecule has 0 unspecified atom stereocenters. The SMILES string of the molecule is O=C1NCCN1CCn1ccnc1. The molecule has 0 atom stereocenters. The molecule has 1 aliphatic rings. The first-order chi connectivity index (χ1) is 6.36. The van der Waals surface area contributed by atoms with E-state index in [1.54, 1.807) is 17.4 Å². The topological polar surface area (TPSA) is 50.2 Å². The molecule has 70 valence electrons. The Hall–Kier alpha value is -1.52. The highest BCUT2D eigenvalue weighted by atomic mass is 16.2. The van der Waals surface area contributed by atoms with E-state index < -0.39 is 0 Å². The minimum Gasteiger partial charge on any atom is -0.336 e. The first kappa shape index (κ1) is 8.10. The average Bonchev–Trinajstić information content (AvgIpc) is 2.72. The van der Waals surface area contributed by atoms with Crippen LogP contribution in [0.15, 0.2) is 18.7 Å². The van der Waals surface area contributed by atoms with E-state index in [0.29, 0.717) is 0 Å². The fraction of sp³-hybridized carbons (Fsp3) is 0.500. The van der Waals surface area contributed by atoms with Crippen molar-refractivity contribution < 1.29 is 4.79 Å². The van der Waals surface area contributed by atoms with Gasteiger partial charge >= 0.3 is 6.03 Å². The summed E-state index contributed by atoms with van der Waals surface area (Å²) in [4.78, 5) is 16.9. The number of nitrogens with one attached hydrogen (secondary N) is 1. The third-order valence-electron chi connectivity index (χ3n) is 2.13. The van der Waals surface area contributed by atoms with Gasteiger partial charge in [-0.2, -0.15) is 0 Å². The van der Waals surface area contributed by atoms with Crippen molar-refractivity contribution in [2.45, 2.75) is 6.54 Å². The third kappa shape index (κ3) is 1.80. The Labute approximate surface area is 76.4 Å². The van der Waals surface area contributed by atoms with Gasteiger partial charge in [0.1, 0.15) is 0 Å². The molecule has 1 fully saturated rings. The van der Waals surface area contributed by atoms with Gasteiger partial charge in [-0.3, -0.25) is 0 Å². The van der Waals surface area contributed by atoms with Gasteiger partial charge in [0.2, 0.25) is 0 Å². The minimum atomic E-state index is 0.0418. The van der Waals surface area contributed by atoms with E-state index in [1.165, 1.54) is 0 Å². The number of hydrogen-bond donors (Lipinski definition) is 1. The molecule has 0 bridgehead atoms. The standard InChI is InChI=1S/C8H12N4O/c13-8-10-2-4-12(8)6-5-11-3-1-9-7-11/h1,3,7H,2,4-6H2,(H,10,13). The van der Waals surface area contributed by atoms with Crippen LogP contribution in [-0.4, -0.2) is 40.1 Å². The zero-order chi connectivity index (χ0) is 9.10. The Kier molecular flexibility index (Phi) is 2.16. The zero-order valence-electron chi connectivity index (χ0n) is 7.31. The van der Waals surface area contributed by atoms with E-state index in [0.717, 1.165) is 26.2 Å². The molecular formula is C8H12N4O. The number of urea groups is 1.